The van der Waals surface area contributed by atoms with Crippen LogP contribution in [0.2, 0.25) is 5.02 Å². The van der Waals surface area contributed by atoms with Crippen LogP contribution >= 0.6 is 11.6 Å². The molecule has 0 bridgehead atoms. The molecule has 0 spiro atoms. The number of aromatic amines is 1. The van der Waals surface area contributed by atoms with Crippen LogP contribution in [0.25, 0.3) is 21.8 Å². The molecule has 0 saturated heterocycles. The maximum atomic E-state index is 13.4. The van der Waals surface area contributed by atoms with Crippen molar-refractivity contribution in [3.63, 3.8) is 0 Å². The summed E-state index contributed by atoms with van der Waals surface area (Å²) in [5.41, 5.74) is 7.37. The lowest BCUT2D eigenvalue weighted by Gasteiger charge is -2.36. The third-order valence-electron chi connectivity index (χ3n) is 6.65. The van der Waals surface area contributed by atoms with Crippen molar-refractivity contribution in [3.05, 3.63) is 110 Å². The standard InChI is InChI=1S/C29H21ClN4O5/c1-38-28(36)22-21(15-8-4-3-5-9-15)18(14-31)27(32)34(25(22)29(37)39-2)20-13-7-11-17-24(20)33-23-16(26(17)35)10-6-12-19(23)30/h3-13,21H,32H2,1-2H3,(H,33,35). The van der Waals surface area contributed by atoms with E-state index in [1.807, 2.05) is 0 Å². The number of allylic oxidation sites excluding steroid dienone is 1. The number of H-pyrrole nitrogens is 1. The molecule has 0 amide bonds. The summed E-state index contributed by atoms with van der Waals surface area (Å²) in [7, 11) is 2.34. The van der Waals surface area contributed by atoms with E-state index in [9.17, 15) is 19.6 Å². The molecule has 9 nitrogen and oxygen atoms in total. The Hall–Kier alpha value is -5.07. The number of anilines is 1. The molecule has 1 aromatic heterocycles. The van der Waals surface area contributed by atoms with Crippen molar-refractivity contribution in [2.45, 2.75) is 5.92 Å². The van der Waals surface area contributed by atoms with Gasteiger partial charge in [-0.3, -0.25) is 9.69 Å². The van der Waals surface area contributed by atoms with Gasteiger partial charge in [0, 0.05) is 10.8 Å². The summed E-state index contributed by atoms with van der Waals surface area (Å²) >= 11 is 6.41. The van der Waals surface area contributed by atoms with Gasteiger partial charge in [0.1, 0.15) is 11.5 Å². The lowest BCUT2D eigenvalue weighted by atomic mass is 9.81. The van der Waals surface area contributed by atoms with Gasteiger partial charge in [0.15, 0.2) is 5.43 Å². The Morgan fingerprint density at radius 3 is 2.23 bits per heavy atom. The molecular weight excluding hydrogens is 520 g/mol. The second-order valence-electron chi connectivity index (χ2n) is 8.65. The number of fused-ring (bicyclic) bond motifs is 2. The predicted molar refractivity (Wildman–Crippen MR) is 147 cm³/mol. The summed E-state index contributed by atoms with van der Waals surface area (Å²) in [6, 6.07) is 20.6. The molecule has 0 saturated carbocycles. The van der Waals surface area contributed by atoms with Crippen LogP contribution in [0, 0.1) is 11.3 Å². The molecule has 194 valence electrons. The van der Waals surface area contributed by atoms with Crippen LogP contribution in [-0.2, 0) is 19.1 Å². The number of rotatable bonds is 4. The largest absolute Gasteiger partial charge is 0.466 e. The van der Waals surface area contributed by atoms with E-state index in [2.05, 4.69) is 11.1 Å². The number of benzene rings is 3. The molecule has 39 heavy (non-hydrogen) atoms. The first-order valence-electron chi connectivity index (χ1n) is 11.7. The number of para-hydroxylation sites is 2. The third-order valence-corrected chi connectivity index (χ3v) is 6.96. The fourth-order valence-electron chi connectivity index (χ4n) is 4.92. The summed E-state index contributed by atoms with van der Waals surface area (Å²) in [5, 5.41) is 11.2. The average Bonchev–Trinajstić information content (AvgIpc) is 2.96. The Labute approximate surface area is 227 Å². The number of nitrogens with zero attached hydrogens (tertiary/aromatic N) is 2. The molecule has 4 aromatic rings. The molecule has 3 N–H and O–H groups in total. The zero-order chi connectivity index (χ0) is 27.8. The number of esters is 2. The first-order chi connectivity index (χ1) is 18.8. The number of aromatic nitrogens is 1. The third kappa shape index (κ3) is 3.98. The van der Waals surface area contributed by atoms with Gasteiger partial charge in [-0.2, -0.15) is 5.26 Å². The summed E-state index contributed by atoms with van der Waals surface area (Å²) in [6.45, 7) is 0. The van der Waals surface area contributed by atoms with Crippen molar-refractivity contribution in [1.82, 2.24) is 4.98 Å². The van der Waals surface area contributed by atoms with Gasteiger partial charge in [0.2, 0.25) is 0 Å². The zero-order valence-corrected chi connectivity index (χ0v) is 21.6. The topological polar surface area (TPSA) is 139 Å². The molecule has 5 rings (SSSR count). The number of carbonyl (C=O) groups is 2. The highest BCUT2D eigenvalue weighted by atomic mass is 35.5. The first kappa shape index (κ1) is 25.6. The number of pyridine rings is 1. The van der Waals surface area contributed by atoms with Crippen molar-refractivity contribution in [2.75, 3.05) is 19.1 Å². The minimum absolute atomic E-state index is 0.00687. The van der Waals surface area contributed by atoms with Gasteiger partial charge in [-0.25, -0.2) is 9.59 Å². The molecule has 1 aliphatic rings. The SMILES string of the molecule is COC(=O)C1=C(C(=O)OC)N(c2cccc3c(=O)c4cccc(Cl)c4[nH]c23)C(N)=C(C#N)C1c1ccccc1. The molecule has 1 atom stereocenters. The second-order valence-corrected chi connectivity index (χ2v) is 9.06. The van der Waals surface area contributed by atoms with Gasteiger partial charge in [0.05, 0.1) is 59.1 Å². The number of carbonyl (C=O) groups excluding carboxylic acids is 2. The van der Waals surface area contributed by atoms with Crippen LogP contribution in [-0.4, -0.2) is 31.1 Å². The van der Waals surface area contributed by atoms with Crippen molar-refractivity contribution < 1.29 is 19.1 Å². The van der Waals surface area contributed by atoms with Crippen molar-refractivity contribution >= 4 is 51.0 Å². The van der Waals surface area contributed by atoms with Gasteiger partial charge in [0.25, 0.3) is 0 Å². The highest BCUT2D eigenvalue weighted by molar-refractivity contribution is 6.35. The summed E-state index contributed by atoms with van der Waals surface area (Å²) in [4.78, 5) is 44.6. The van der Waals surface area contributed by atoms with Gasteiger partial charge in [-0.15, -0.1) is 0 Å². The lowest BCUT2D eigenvalue weighted by molar-refractivity contribution is -0.139. The molecule has 1 aliphatic heterocycles. The smallest absolute Gasteiger partial charge is 0.355 e. The summed E-state index contributed by atoms with van der Waals surface area (Å²) in [5.74, 6) is -2.88. The van der Waals surface area contributed by atoms with Crippen LogP contribution in [0.5, 0.6) is 0 Å². The van der Waals surface area contributed by atoms with E-state index < -0.39 is 17.9 Å². The molecule has 2 heterocycles. The fourth-order valence-corrected chi connectivity index (χ4v) is 5.14. The molecule has 1 unspecified atom stereocenters. The van der Waals surface area contributed by atoms with E-state index in [1.165, 1.54) is 12.0 Å². The number of hydrogen-bond donors (Lipinski definition) is 2. The van der Waals surface area contributed by atoms with Gasteiger partial charge in [-0.1, -0.05) is 54.1 Å². The minimum Gasteiger partial charge on any atom is -0.466 e. The number of ether oxygens (including phenoxy) is 2. The van der Waals surface area contributed by atoms with Crippen molar-refractivity contribution in [1.29, 1.82) is 5.26 Å². The maximum absolute atomic E-state index is 13.4. The zero-order valence-electron chi connectivity index (χ0n) is 20.8. The average molecular weight is 541 g/mol. The Morgan fingerprint density at radius 2 is 1.59 bits per heavy atom. The number of hydrogen-bond acceptors (Lipinski definition) is 8. The first-order valence-corrected chi connectivity index (χ1v) is 12.1. The Morgan fingerprint density at radius 1 is 0.949 bits per heavy atom. The van der Waals surface area contributed by atoms with E-state index in [0.717, 1.165) is 7.11 Å². The molecule has 0 radical (unpaired) electrons. The highest BCUT2D eigenvalue weighted by Crippen LogP contribution is 2.44. The molecular formula is C29H21ClN4O5. The second kappa shape index (κ2) is 10.0. The summed E-state index contributed by atoms with van der Waals surface area (Å²) in [6.07, 6.45) is 0. The van der Waals surface area contributed by atoms with E-state index >= 15 is 0 Å². The number of nitriles is 1. The Bertz CT molecular complexity index is 1840. The fraction of sp³-hybridized carbons (Fsp3) is 0.103. The maximum Gasteiger partial charge on any atom is 0.355 e. The summed E-state index contributed by atoms with van der Waals surface area (Å²) < 4.78 is 10.2. The molecule has 0 fully saturated rings. The van der Waals surface area contributed by atoms with Gasteiger partial charge >= 0.3 is 11.9 Å². The molecule has 0 aliphatic carbocycles. The number of nitrogens with two attached hydrogens (primary N) is 1. The normalized spacial score (nSPS) is 15.4. The van der Waals surface area contributed by atoms with Gasteiger partial charge < -0.3 is 20.2 Å². The van der Waals surface area contributed by atoms with Crippen LogP contribution in [0.15, 0.2) is 94.2 Å². The Kier molecular flexibility index (Phi) is 6.56. The highest BCUT2D eigenvalue weighted by Gasteiger charge is 2.43. The molecule has 3 aromatic carbocycles. The molecule has 10 heteroatoms. The quantitative estimate of drug-likeness (QED) is 0.289. The lowest BCUT2D eigenvalue weighted by Crippen LogP contribution is -2.41. The van der Waals surface area contributed by atoms with Crippen LogP contribution in [0.1, 0.15) is 11.5 Å². The number of halogens is 1. The van der Waals surface area contributed by atoms with Crippen LogP contribution in [0.4, 0.5) is 5.69 Å². The van der Waals surface area contributed by atoms with E-state index in [1.54, 1.807) is 66.7 Å². The predicted octanol–water partition coefficient (Wildman–Crippen LogP) is 4.23. The van der Waals surface area contributed by atoms with Gasteiger partial charge in [-0.05, 0) is 29.8 Å². The monoisotopic (exact) mass is 540 g/mol. The number of methoxy groups -OCH3 is 2. The number of nitrogens with one attached hydrogen (secondary N) is 1. The van der Waals surface area contributed by atoms with Crippen LogP contribution in [0.3, 0.4) is 0 Å². The van der Waals surface area contributed by atoms with Crippen LogP contribution < -0.4 is 16.1 Å². The van der Waals surface area contributed by atoms with Crippen molar-refractivity contribution in [2.24, 2.45) is 5.73 Å². The minimum atomic E-state index is -1.02. The Balaban J connectivity index is 1.93. The van der Waals surface area contributed by atoms with E-state index in [-0.39, 0.29) is 44.7 Å². The van der Waals surface area contributed by atoms with Crippen molar-refractivity contribution in [3.8, 4) is 6.07 Å². The van der Waals surface area contributed by atoms with E-state index in [0.29, 0.717) is 21.5 Å². The van der Waals surface area contributed by atoms with E-state index in [4.69, 9.17) is 26.8 Å².